The molecular weight excluding hydrogens is 348 g/mol. The summed E-state index contributed by atoms with van der Waals surface area (Å²) in [5.41, 5.74) is -0.625. The molecule has 1 aromatic heterocycles. The number of nitrogens with zero attached hydrogens (tertiary/aromatic N) is 2. The quantitative estimate of drug-likeness (QED) is 0.821. The number of aliphatic hydroxyl groups is 1. The van der Waals surface area contributed by atoms with Gasteiger partial charge in [-0.15, -0.1) is 0 Å². The van der Waals surface area contributed by atoms with Crippen molar-refractivity contribution in [1.82, 2.24) is 9.88 Å². The predicted octanol–water partition coefficient (Wildman–Crippen LogP) is 3.45. The highest BCUT2D eigenvalue weighted by Crippen LogP contribution is 2.36. The molecular formula is C16H23BrN2O3. The van der Waals surface area contributed by atoms with Crippen LogP contribution in [0.2, 0.25) is 0 Å². The number of amides is 1. The van der Waals surface area contributed by atoms with E-state index in [1.807, 2.05) is 26.8 Å². The average molecular weight is 371 g/mol. The fraction of sp³-hybridized carbons (Fsp3) is 0.625. The minimum Gasteiger partial charge on any atom is -0.444 e. The molecule has 1 saturated heterocycles. The fourth-order valence-electron chi connectivity index (χ4n) is 2.65. The summed E-state index contributed by atoms with van der Waals surface area (Å²) in [6, 6.07) is 1.83. The van der Waals surface area contributed by atoms with Crippen molar-refractivity contribution in [3.05, 3.63) is 28.5 Å². The molecule has 122 valence electrons. The highest BCUT2D eigenvalue weighted by molar-refractivity contribution is 9.10. The number of halogens is 1. The first kappa shape index (κ1) is 17.2. The Morgan fingerprint density at radius 2 is 2.14 bits per heavy atom. The lowest BCUT2D eigenvalue weighted by Gasteiger charge is -2.29. The number of pyridine rings is 1. The molecule has 1 aliphatic rings. The van der Waals surface area contributed by atoms with E-state index in [1.54, 1.807) is 17.3 Å². The van der Waals surface area contributed by atoms with Gasteiger partial charge in [-0.1, -0.05) is 0 Å². The molecule has 0 spiro atoms. The van der Waals surface area contributed by atoms with E-state index in [1.165, 1.54) is 0 Å². The van der Waals surface area contributed by atoms with Gasteiger partial charge >= 0.3 is 6.09 Å². The Labute approximate surface area is 139 Å². The Hall–Kier alpha value is -1.14. The third kappa shape index (κ3) is 4.20. The molecule has 22 heavy (non-hydrogen) atoms. The van der Waals surface area contributed by atoms with Gasteiger partial charge in [-0.25, -0.2) is 4.79 Å². The van der Waals surface area contributed by atoms with Crippen LogP contribution in [0.15, 0.2) is 22.9 Å². The van der Waals surface area contributed by atoms with Crippen LogP contribution < -0.4 is 0 Å². The smallest absolute Gasteiger partial charge is 0.410 e. The molecule has 1 atom stereocenters. The van der Waals surface area contributed by atoms with Gasteiger partial charge in [0.05, 0.1) is 5.60 Å². The summed E-state index contributed by atoms with van der Waals surface area (Å²) in [5.74, 6) is 0. The van der Waals surface area contributed by atoms with Gasteiger partial charge in [0.15, 0.2) is 0 Å². The van der Waals surface area contributed by atoms with E-state index in [2.05, 4.69) is 20.9 Å². The molecule has 2 rings (SSSR count). The first-order valence-corrected chi connectivity index (χ1v) is 8.31. The SMILES string of the molecule is CC(C)(C)OC(=O)N1CCCC(O)(c2ccncc2Br)CC1. The summed E-state index contributed by atoms with van der Waals surface area (Å²) in [6.07, 6.45) is 4.86. The Morgan fingerprint density at radius 1 is 1.41 bits per heavy atom. The van der Waals surface area contributed by atoms with E-state index in [4.69, 9.17) is 4.74 Å². The monoisotopic (exact) mass is 370 g/mol. The van der Waals surface area contributed by atoms with Crippen molar-refractivity contribution in [3.63, 3.8) is 0 Å². The van der Waals surface area contributed by atoms with Crippen LogP contribution in [-0.2, 0) is 10.3 Å². The zero-order valence-electron chi connectivity index (χ0n) is 13.3. The second-order valence-corrected chi connectivity index (χ2v) is 7.56. The Balaban J connectivity index is 2.09. The standard InChI is InChI=1S/C16H23BrN2O3/c1-15(2,3)22-14(20)19-9-4-6-16(21,7-10-19)12-5-8-18-11-13(12)17/h5,8,11,21H,4,6-7,9-10H2,1-3H3. The van der Waals surface area contributed by atoms with Crippen LogP contribution in [-0.4, -0.2) is 39.8 Å². The second kappa shape index (κ2) is 6.54. The maximum atomic E-state index is 12.2. The second-order valence-electron chi connectivity index (χ2n) is 6.71. The molecule has 2 heterocycles. The third-order valence-corrected chi connectivity index (χ3v) is 4.37. The molecule has 6 heteroatoms. The van der Waals surface area contributed by atoms with Gasteiger partial charge in [0, 0.05) is 35.5 Å². The summed E-state index contributed by atoms with van der Waals surface area (Å²) >= 11 is 3.45. The first-order chi connectivity index (χ1) is 10.2. The number of carbonyl (C=O) groups is 1. The van der Waals surface area contributed by atoms with Crippen LogP contribution >= 0.6 is 15.9 Å². The Kier molecular flexibility index (Phi) is 5.12. The lowest BCUT2D eigenvalue weighted by Crippen LogP contribution is -2.38. The molecule has 0 aliphatic carbocycles. The summed E-state index contributed by atoms with van der Waals surface area (Å²) in [4.78, 5) is 17.9. The van der Waals surface area contributed by atoms with Crippen LogP contribution in [0.4, 0.5) is 4.79 Å². The van der Waals surface area contributed by atoms with Gasteiger partial charge in [-0.2, -0.15) is 0 Å². The number of hydrogen-bond donors (Lipinski definition) is 1. The largest absolute Gasteiger partial charge is 0.444 e. The van der Waals surface area contributed by atoms with Crippen LogP contribution in [0, 0.1) is 0 Å². The van der Waals surface area contributed by atoms with Crippen molar-refractivity contribution in [3.8, 4) is 0 Å². The van der Waals surface area contributed by atoms with Crippen LogP contribution in [0.5, 0.6) is 0 Å². The van der Waals surface area contributed by atoms with Gasteiger partial charge in [-0.05, 0) is 62.0 Å². The topological polar surface area (TPSA) is 62.7 Å². The van der Waals surface area contributed by atoms with Crippen LogP contribution in [0.3, 0.4) is 0 Å². The van der Waals surface area contributed by atoms with E-state index >= 15 is 0 Å². The molecule has 1 aromatic rings. The summed E-state index contributed by atoms with van der Waals surface area (Å²) in [7, 11) is 0. The fourth-order valence-corrected chi connectivity index (χ4v) is 3.27. The molecule has 1 aliphatic heterocycles. The minimum absolute atomic E-state index is 0.314. The Morgan fingerprint density at radius 3 is 2.77 bits per heavy atom. The van der Waals surface area contributed by atoms with Gasteiger partial charge in [0.2, 0.25) is 0 Å². The van der Waals surface area contributed by atoms with Crippen molar-refractivity contribution in [1.29, 1.82) is 0 Å². The molecule has 1 unspecified atom stereocenters. The zero-order chi connectivity index (χ0) is 16.4. The van der Waals surface area contributed by atoms with E-state index < -0.39 is 11.2 Å². The number of hydrogen-bond acceptors (Lipinski definition) is 4. The van der Waals surface area contributed by atoms with Gasteiger partial charge in [-0.3, -0.25) is 4.98 Å². The number of rotatable bonds is 1. The highest BCUT2D eigenvalue weighted by atomic mass is 79.9. The number of carbonyl (C=O) groups excluding carboxylic acids is 1. The third-order valence-electron chi connectivity index (χ3n) is 3.74. The van der Waals surface area contributed by atoms with Crippen LogP contribution in [0.1, 0.15) is 45.6 Å². The first-order valence-electron chi connectivity index (χ1n) is 7.52. The van der Waals surface area contributed by atoms with E-state index in [0.29, 0.717) is 25.9 Å². The van der Waals surface area contributed by atoms with E-state index in [-0.39, 0.29) is 6.09 Å². The van der Waals surface area contributed by atoms with Crippen molar-refractivity contribution in [2.24, 2.45) is 0 Å². The van der Waals surface area contributed by atoms with Crippen molar-refractivity contribution in [2.75, 3.05) is 13.1 Å². The average Bonchev–Trinajstić information content (AvgIpc) is 2.60. The zero-order valence-corrected chi connectivity index (χ0v) is 14.9. The molecule has 1 N–H and O–H groups in total. The molecule has 1 fully saturated rings. The summed E-state index contributed by atoms with van der Waals surface area (Å²) in [6.45, 7) is 6.63. The number of likely N-dealkylation sites (tertiary alicyclic amines) is 1. The predicted molar refractivity (Wildman–Crippen MR) is 87.5 cm³/mol. The van der Waals surface area contributed by atoms with Crippen LogP contribution in [0.25, 0.3) is 0 Å². The molecule has 5 nitrogen and oxygen atoms in total. The van der Waals surface area contributed by atoms with Crippen molar-refractivity contribution < 1.29 is 14.6 Å². The molecule has 0 saturated carbocycles. The normalized spacial score (nSPS) is 23.0. The van der Waals surface area contributed by atoms with Crippen molar-refractivity contribution >= 4 is 22.0 Å². The number of ether oxygens (including phenoxy) is 1. The van der Waals surface area contributed by atoms with E-state index in [0.717, 1.165) is 16.5 Å². The maximum Gasteiger partial charge on any atom is 0.410 e. The van der Waals surface area contributed by atoms with Gasteiger partial charge in [0.25, 0.3) is 0 Å². The minimum atomic E-state index is -0.946. The van der Waals surface area contributed by atoms with Gasteiger partial charge in [0.1, 0.15) is 5.60 Å². The highest BCUT2D eigenvalue weighted by Gasteiger charge is 2.35. The molecule has 0 radical (unpaired) electrons. The van der Waals surface area contributed by atoms with E-state index in [9.17, 15) is 9.90 Å². The number of aromatic nitrogens is 1. The molecule has 1 amide bonds. The Bertz CT molecular complexity index is 544. The molecule has 0 aromatic carbocycles. The summed E-state index contributed by atoms with van der Waals surface area (Å²) in [5, 5.41) is 11.0. The van der Waals surface area contributed by atoms with Gasteiger partial charge < -0.3 is 14.7 Å². The summed E-state index contributed by atoms with van der Waals surface area (Å²) < 4.78 is 6.21. The molecule has 0 bridgehead atoms. The maximum absolute atomic E-state index is 12.2. The lowest BCUT2D eigenvalue weighted by molar-refractivity contribution is 0.0124. The van der Waals surface area contributed by atoms with Crippen molar-refractivity contribution in [2.45, 2.75) is 51.2 Å². The lowest BCUT2D eigenvalue weighted by atomic mass is 9.87.